The summed E-state index contributed by atoms with van der Waals surface area (Å²) in [6.07, 6.45) is 8.36. The molecule has 1 fully saturated rings. The lowest BCUT2D eigenvalue weighted by Gasteiger charge is -2.17. The van der Waals surface area contributed by atoms with E-state index in [1.807, 2.05) is 49.5 Å². The Morgan fingerprint density at radius 2 is 1.73 bits per heavy atom. The van der Waals surface area contributed by atoms with E-state index in [0.717, 1.165) is 43.2 Å². The highest BCUT2D eigenvalue weighted by Crippen LogP contribution is 2.24. The molecule has 0 saturated carbocycles. The summed E-state index contributed by atoms with van der Waals surface area (Å²) in [5.74, 6) is 0.353. The summed E-state index contributed by atoms with van der Waals surface area (Å²) in [7, 11) is 1.82. The molecular weight excluding hydrogens is 417 g/mol. The molecule has 33 heavy (non-hydrogen) atoms. The van der Waals surface area contributed by atoms with Gasteiger partial charge in [0.1, 0.15) is 5.82 Å². The fraction of sp³-hybridized carbons (Fsp3) is 0.346. The number of rotatable bonds is 9. The Hall–Kier alpha value is -3.16. The Morgan fingerprint density at radius 1 is 1.00 bits per heavy atom. The van der Waals surface area contributed by atoms with Gasteiger partial charge in [0.15, 0.2) is 5.82 Å². The molecule has 2 aromatic carbocycles. The number of benzene rings is 2. The van der Waals surface area contributed by atoms with E-state index in [1.165, 1.54) is 12.1 Å². The van der Waals surface area contributed by atoms with Gasteiger partial charge in [0.05, 0.1) is 5.56 Å². The van der Waals surface area contributed by atoms with Crippen LogP contribution in [0.15, 0.2) is 67.0 Å². The molecule has 3 aromatic rings. The minimum atomic E-state index is -0.207. The van der Waals surface area contributed by atoms with Gasteiger partial charge >= 0.3 is 0 Å². The molecule has 0 spiro atoms. The van der Waals surface area contributed by atoms with Crippen LogP contribution >= 0.6 is 0 Å². The zero-order valence-corrected chi connectivity index (χ0v) is 18.9. The van der Waals surface area contributed by atoms with Crippen molar-refractivity contribution in [1.29, 1.82) is 0 Å². The third-order valence-corrected chi connectivity index (χ3v) is 6.08. The molecule has 2 N–H and O–H groups in total. The maximum Gasteiger partial charge on any atom is 0.256 e. The average Bonchev–Trinajstić information content (AvgIpc) is 3.33. The molecule has 2 atom stereocenters. The quantitative estimate of drug-likeness (QED) is 0.472. The molecule has 7 heteroatoms. The highest BCUT2D eigenvalue weighted by Gasteiger charge is 2.24. The van der Waals surface area contributed by atoms with Crippen LogP contribution in [0.3, 0.4) is 0 Å². The molecule has 1 saturated heterocycles. The van der Waals surface area contributed by atoms with Crippen molar-refractivity contribution in [2.45, 2.75) is 44.2 Å². The normalized spacial score (nSPS) is 17.8. The molecule has 1 amide bonds. The molecule has 4 rings (SSSR count). The second-order valence-corrected chi connectivity index (χ2v) is 8.56. The minimum Gasteiger partial charge on any atom is -0.342 e. The monoisotopic (exact) mass is 447 g/mol. The second-order valence-electron chi connectivity index (χ2n) is 8.56. The van der Waals surface area contributed by atoms with Crippen molar-refractivity contribution < 1.29 is 9.18 Å². The van der Waals surface area contributed by atoms with Crippen molar-refractivity contribution in [3.8, 4) is 11.4 Å². The number of carbonyl (C=O) groups is 1. The lowest BCUT2D eigenvalue weighted by molar-refractivity contribution is 0.0791. The van der Waals surface area contributed by atoms with Crippen molar-refractivity contribution in [3.63, 3.8) is 0 Å². The predicted octanol–water partition coefficient (Wildman–Crippen LogP) is 4.52. The second kappa shape index (κ2) is 11.1. The Labute approximate surface area is 194 Å². The van der Waals surface area contributed by atoms with Gasteiger partial charge in [-0.15, -0.1) is 0 Å². The Kier molecular flexibility index (Phi) is 7.75. The van der Waals surface area contributed by atoms with Gasteiger partial charge in [0, 0.05) is 43.6 Å². The van der Waals surface area contributed by atoms with Crippen LogP contribution in [0.4, 0.5) is 4.39 Å². The topological polar surface area (TPSA) is 70.2 Å². The van der Waals surface area contributed by atoms with Crippen LogP contribution < -0.4 is 10.9 Å². The molecule has 172 valence electrons. The lowest BCUT2D eigenvalue weighted by Crippen LogP contribution is -2.30. The van der Waals surface area contributed by atoms with E-state index in [9.17, 15) is 9.18 Å². The largest absolute Gasteiger partial charge is 0.342 e. The van der Waals surface area contributed by atoms with Crippen molar-refractivity contribution in [1.82, 2.24) is 25.7 Å². The molecule has 0 radical (unpaired) electrons. The SMILES string of the molecule is CN(CCCCCC1CC(c2ccc(F)cc2)NN1)C(=O)c1cnc(-c2ccccc2)nc1. The summed E-state index contributed by atoms with van der Waals surface area (Å²) in [6, 6.07) is 17.0. The molecule has 0 bridgehead atoms. The minimum absolute atomic E-state index is 0.0570. The number of hydrazine groups is 1. The maximum absolute atomic E-state index is 13.1. The van der Waals surface area contributed by atoms with Gasteiger partial charge in [0.25, 0.3) is 5.91 Å². The molecule has 1 aliphatic heterocycles. The van der Waals surface area contributed by atoms with Gasteiger partial charge in [0.2, 0.25) is 0 Å². The van der Waals surface area contributed by atoms with Gasteiger partial charge in [-0.25, -0.2) is 14.4 Å². The number of carbonyl (C=O) groups excluding carboxylic acids is 1. The first-order valence-electron chi connectivity index (χ1n) is 11.5. The fourth-order valence-corrected chi connectivity index (χ4v) is 4.14. The molecule has 0 aliphatic carbocycles. The molecule has 2 unspecified atom stereocenters. The standard InChI is InChI=1S/C26H30FN5O/c1-32(26(33)21-17-28-25(29-18-21)20-8-4-2-5-9-20)15-7-3-6-10-23-16-24(31-30-23)19-11-13-22(27)14-12-19/h2,4-5,8-9,11-14,17-18,23-24,30-31H,3,6-7,10,15-16H2,1H3. The number of halogens is 1. The van der Waals surface area contributed by atoms with E-state index in [1.54, 1.807) is 17.3 Å². The number of nitrogens with zero attached hydrogens (tertiary/aromatic N) is 3. The number of hydrogen-bond acceptors (Lipinski definition) is 5. The predicted molar refractivity (Wildman–Crippen MR) is 127 cm³/mol. The first kappa shape index (κ1) is 23.0. The van der Waals surface area contributed by atoms with E-state index in [0.29, 0.717) is 24.0 Å². The van der Waals surface area contributed by atoms with Crippen LogP contribution in [0.25, 0.3) is 11.4 Å². The molecule has 1 aliphatic rings. The summed E-state index contributed by atoms with van der Waals surface area (Å²) in [5.41, 5.74) is 9.21. The van der Waals surface area contributed by atoms with E-state index in [2.05, 4.69) is 20.8 Å². The number of amides is 1. The number of unbranched alkanes of at least 4 members (excludes halogenated alkanes) is 2. The number of hydrogen-bond donors (Lipinski definition) is 2. The third kappa shape index (κ3) is 6.21. The third-order valence-electron chi connectivity index (χ3n) is 6.08. The first-order chi connectivity index (χ1) is 16.1. The van der Waals surface area contributed by atoms with E-state index in [-0.39, 0.29) is 17.8 Å². The summed E-state index contributed by atoms with van der Waals surface area (Å²) in [6.45, 7) is 0.702. The van der Waals surface area contributed by atoms with Crippen LogP contribution in [0.5, 0.6) is 0 Å². The van der Waals surface area contributed by atoms with Crippen molar-refractivity contribution >= 4 is 5.91 Å². The van der Waals surface area contributed by atoms with Crippen molar-refractivity contribution in [3.05, 3.63) is 83.9 Å². The Balaban J connectivity index is 1.15. The summed E-state index contributed by atoms with van der Waals surface area (Å²) in [5, 5.41) is 0. The summed E-state index contributed by atoms with van der Waals surface area (Å²) < 4.78 is 13.1. The Bertz CT molecular complexity index is 1030. The van der Waals surface area contributed by atoms with Gasteiger partial charge in [-0.1, -0.05) is 55.3 Å². The van der Waals surface area contributed by atoms with E-state index < -0.39 is 0 Å². The highest BCUT2D eigenvalue weighted by atomic mass is 19.1. The molecular formula is C26H30FN5O. The highest BCUT2D eigenvalue weighted by molar-refractivity contribution is 5.93. The van der Waals surface area contributed by atoms with Crippen LogP contribution in [-0.2, 0) is 0 Å². The zero-order valence-electron chi connectivity index (χ0n) is 18.9. The van der Waals surface area contributed by atoms with Crippen molar-refractivity contribution in [2.24, 2.45) is 0 Å². The number of nitrogens with one attached hydrogen (secondary N) is 2. The van der Waals surface area contributed by atoms with Gasteiger partial charge in [-0.3, -0.25) is 15.6 Å². The van der Waals surface area contributed by atoms with Gasteiger partial charge < -0.3 is 4.90 Å². The average molecular weight is 448 g/mol. The molecule has 2 heterocycles. The first-order valence-corrected chi connectivity index (χ1v) is 11.5. The van der Waals surface area contributed by atoms with Gasteiger partial charge in [-0.05, 0) is 37.0 Å². The smallest absolute Gasteiger partial charge is 0.256 e. The maximum atomic E-state index is 13.1. The van der Waals surface area contributed by atoms with Gasteiger partial charge in [-0.2, -0.15) is 0 Å². The Morgan fingerprint density at radius 3 is 2.45 bits per heavy atom. The van der Waals surface area contributed by atoms with Crippen LogP contribution in [0.1, 0.15) is 54.1 Å². The van der Waals surface area contributed by atoms with E-state index in [4.69, 9.17) is 0 Å². The summed E-state index contributed by atoms with van der Waals surface area (Å²) in [4.78, 5) is 23.1. The van der Waals surface area contributed by atoms with Crippen LogP contribution in [-0.4, -0.2) is 40.4 Å². The lowest BCUT2D eigenvalue weighted by atomic mass is 9.99. The van der Waals surface area contributed by atoms with Crippen molar-refractivity contribution in [2.75, 3.05) is 13.6 Å². The van der Waals surface area contributed by atoms with Crippen LogP contribution in [0, 0.1) is 5.82 Å². The molecule has 1 aromatic heterocycles. The fourth-order valence-electron chi connectivity index (χ4n) is 4.14. The molecule has 6 nitrogen and oxygen atoms in total. The summed E-state index contributed by atoms with van der Waals surface area (Å²) >= 11 is 0. The van der Waals surface area contributed by atoms with Crippen LogP contribution in [0.2, 0.25) is 0 Å². The zero-order chi connectivity index (χ0) is 23.0. The van der Waals surface area contributed by atoms with E-state index >= 15 is 0 Å². The number of aromatic nitrogens is 2.